The van der Waals surface area contributed by atoms with Crippen molar-refractivity contribution >= 4 is 12.0 Å². The molecule has 7 nitrogen and oxygen atoms in total. The SMILES string of the molecule is COc1cc(COC(=O)[C@H](Cc2ccccc2)NC(N)=O)ccc1OC(F)F. The smallest absolute Gasteiger partial charge is 0.387 e. The van der Waals surface area contributed by atoms with Crippen LogP contribution in [0.5, 0.6) is 11.5 Å². The van der Waals surface area contributed by atoms with Gasteiger partial charge in [-0.05, 0) is 23.3 Å². The quantitative estimate of drug-likeness (QED) is 0.637. The van der Waals surface area contributed by atoms with Crippen LogP contribution >= 0.6 is 0 Å². The number of carbonyl (C=O) groups excluding carboxylic acids is 2. The van der Waals surface area contributed by atoms with Crippen LogP contribution in [0.25, 0.3) is 0 Å². The molecule has 0 aromatic heterocycles. The molecule has 0 saturated heterocycles. The number of methoxy groups -OCH3 is 1. The van der Waals surface area contributed by atoms with Gasteiger partial charge in [-0.15, -0.1) is 0 Å². The van der Waals surface area contributed by atoms with Gasteiger partial charge in [0.05, 0.1) is 7.11 Å². The lowest BCUT2D eigenvalue weighted by molar-refractivity contribution is -0.147. The fourth-order valence-corrected chi connectivity index (χ4v) is 2.46. The van der Waals surface area contributed by atoms with Gasteiger partial charge in [0.2, 0.25) is 0 Å². The number of esters is 1. The van der Waals surface area contributed by atoms with Crippen molar-refractivity contribution in [3.05, 3.63) is 59.7 Å². The molecular weight excluding hydrogens is 374 g/mol. The standard InChI is InChI=1S/C19H20F2N2O5/c1-26-16-10-13(7-8-15(16)28-18(20)21)11-27-17(24)14(23-19(22)25)9-12-5-3-2-4-6-12/h2-8,10,14,18H,9,11H2,1H3,(H3,22,23,25)/t14-/m0/s1. The van der Waals surface area contributed by atoms with Crippen LogP contribution in [-0.4, -0.2) is 31.8 Å². The molecule has 0 fully saturated rings. The van der Waals surface area contributed by atoms with Crippen LogP contribution in [0.2, 0.25) is 0 Å². The van der Waals surface area contributed by atoms with Crippen LogP contribution in [0.1, 0.15) is 11.1 Å². The number of primary amides is 1. The van der Waals surface area contributed by atoms with Crippen molar-refractivity contribution in [3.8, 4) is 11.5 Å². The number of halogens is 2. The number of benzene rings is 2. The van der Waals surface area contributed by atoms with Gasteiger partial charge >= 0.3 is 18.6 Å². The molecule has 0 spiro atoms. The number of urea groups is 1. The summed E-state index contributed by atoms with van der Waals surface area (Å²) >= 11 is 0. The van der Waals surface area contributed by atoms with Crippen LogP contribution in [0.3, 0.4) is 0 Å². The number of ether oxygens (including phenoxy) is 3. The summed E-state index contributed by atoms with van der Waals surface area (Å²) in [5.74, 6) is -0.746. The van der Waals surface area contributed by atoms with E-state index in [1.54, 1.807) is 24.3 Å². The molecule has 2 aromatic carbocycles. The third-order valence-corrected chi connectivity index (χ3v) is 3.71. The second kappa shape index (κ2) is 10.1. The topological polar surface area (TPSA) is 99.9 Å². The maximum atomic E-state index is 12.4. The Morgan fingerprint density at radius 2 is 1.79 bits per heavy atom. The van der Waals surface area contributed by atoms with E-state index in [1.807, 2.05) is 6.07 Å². The van der Waals surface area contributed by atoms with Gasteiger partial charge in [0, 0.05) is 6.42 Å². The number of amides is 2. The lowest BCUT2D eigenvalue weighted by Gasteiger charge is -2.17. The van der Waals surface area contributed by atoms with Crippen molar-refractivity contribution in [1.29, 1.82) is 0 Å². The molecule has 0 unspecified atom stereocenters. The minimum absolute atomic E-state index is 0.0740. The molecule has 0 saturated carbocycles. The first-order chi connectivity index (χ1) is 13.4. The van der Waals surface area contributed by atoms with Gasteiger partial charge in [0.25, 0.3) is 0 Å². The predicted molar refractivity (Wildman–Crippen MR) is 96.1 cm³/mol. The van der Waals surface area contributed by atoms with Gasteiger partial charge in [-0.2, -0.15) is 8.78 Å². The molecule has 2 aromatic rings. The first kappa shape index (κ1) is 20.9. The van der Waals surface area contributed by atoms with E-state index in [4.69, 9.17) is 15.2 Å². The first-order valence-corrected chi connectivity index (χ1v) is 8.27. The van der Waals surface area contributed by atoms with Crippen LogP contribution in [0, 0.1) is 0 Å². The third kappa shape index (κ3) is 6.42. The lowest BCUT2D eigenvalue weighted by atomic mass is 10.1. The Bertz CT molecular complexity index is 802. The van der Waals surface area contributed by atoms with Crippen molar-refractivity contribution < 1.29 is 32.6 Å². The van der Waals surface area contributed by atoms with Crippen molar-refractivity contribution in [2.24, 2.45) is 5.73 Å². The second-order valence-corrected chi connectivity index (χ2v) is 5.72. The molecule has 0 aliphatic heterocycles. The van der Waals surface area contributed by atoms with E-state index in [9.17, 15) is 18.4 Å². The molecule has 0 bridgehead atoms. The first-order valence-electron chi connectivity index (χ1n) is 8.27. The minimum atomic E-state index is -2.99. The van der Waals surface area contributed by atoms with Gasteiger partial charge in [0.15, 0.2) is 11.5 Å². The van der Waals surface area contributed by atoms with E-state index in [-0.39, 0.29) is 24.5 Å². The fraction of sp³-hybridized carbons (Fsp3) is 0.263. The van der Waals surface area contributed by atoms with Crippen molar-refractivity contribution in [3.63, 3.8) is 0 Å². The van der Waals surface area contributed by atoms with Crippen molar-refractivity contribution in [2.45, 2.75) is 25.7 Å². The number of rotatable bonds is 9. The molecule has 0 aliphatic carbocycles. The van der Waals surface area contributed by atoms with E-state index in [0.29, 0.717) is 5.56 Å². The molecule has 0 aliphatic rings. The van der Waals surface area contributed by atoms with Crippen LogP contribution in [0.4, 0.5) is 13.6 Å². The summed E-state index contributed by atoms with van der Waals surface area (Å²) in [4.78, 5) is 23.6. The summed E-state index contributed by atoms with van der Waals surface area (Å²) in [7, 11) is 1.30. The molecule has 0 heterocycles. The average Bonchev–Trinajstić information content (AvgIpc) is 2.66. The zero-order valence-electron chi connectivity index (χ0n) is 15.1. The summed E-state index contributed by atoms with van der Waals surface area (Å²) in [5.41, 5.74) is 6.44. The number of hydrogen-bond acceptors (Lipinski definition) is 5. The molecular formula is C19H20F2N2O5. The Hall–Kier alpha value is -3.36. The van der Waals surface area contributed by atoms with E-state index >= 15 is 0 Å². The average molecular weight is 394 g/mol. The zero-order valence-corrected chi connectivity index (χ0v) is 15.1. The Kier molecular flexibility index (Phi) is 7.55. The molecule has 2 amide bonds. The van der Waals surface area contributed by atoms with Crippen molar-refractivity contribution in [1.82, 2.24) is 5.32 Å². The molecule has 9 heteroatoms. The Morgan fingerprint density at radius 3 is 2.39 bits per heavy atom. The van der Waals surface area contributed by atoms with Crippen LogP contribution in [-0.2, 0) is 22.6 Å². The highest BCUT2D eigenvalue weighted by Gasteiger charge is 2.22. The number of alkyl halides is 2. The maximum absolute atomic E-state index is 12.4. The van der Waals surface area contributed by atoms with Gasteiger partial charge in [0.1, 0.15) is 12.6 Å². The van der Waals surface area contributed by atoms with E-state index in [2.05, 4.69) is 10.1 Å². The maximum Gasteiger partial charge on any atom is 0.387 e. The van der Waals surface area contributed by atoms with Gasteiger partial charge in [-0.25, -0.2) is 9.59 Å². The van der Waals surface area contributed by atoms with Gasteiger partial charge < -0.3 is 25.3 Å². The van der Waals surface area contributed by atoms with E-state index < -0.39 is 24.7 Å². The van der Waals surface area contributed by atoms with Gasteiger partial charge in [-0.3, -0.25) is 0 Å². The van der Waals surface area contributed by atoms with Crippen LogP contribution in [0.15, 0.2) is 48.5 Å². The summed E-state index contributed by atoms with van der Waals surface area (Å²) in [6, 6.07) is 11.4. The minimum Gasteiger partial charge on any atom is -0.493 e. The summed E-state index contributed by atoms with van der Waals surface area (Å²) < 4.78 is 39.3. The van der Waals surface area contributed by atoms with Crippen molar-refractivity contribution in [2.75, 3.05) is 7.11 Å². The number of hydrogen-bond donors (Lipinski definition) is 2. The van der Waals surface area contributed by atoms with Gasteiger partial charge in [-0.1, -0.05) is 36.4 Å². The normalized spacial score (nSPS) is 11.6. The molecule has 1 atom stereocenters. The highest BCUT2D eigenvalue weighted by atomic mass is 19.3. The monoisotopic (exact) mass is 394 g/mol. The molecule has 150 valence electrons. The number of nitrogens with two attached hydrogens (primary N) is 1. The predicted octanol–water partition coefficient (Wildman–Crippen LogP) is 2.62. The fourth-order valence-electron chi connectivity index (χ4n) is 2.46. The highest BCUT2D eigenvalue weighted by molar-refractivity contribution is 5.83. The summed E-state index contributed by atoms with van der Waals surface area (Å²) in [6.07, 6.45) is 0.201. The Balaban J connectivity index is 2.03. The Morgan fingerprint density at radius 1 is 1.07 bits per heavy atom. The number of nitrogens with one attached hydrogen (secondary N) is 1. The number of carbonyl (C=O) groups is 2. The largest absolute Gasteiger partial charge is 0.493 e. The molecule has 3 N–H and O–H groups in total. The summed E-state index contributed by atoms with van der Waals surface area (Å²) in [5, 5.41) is 2.35. The Labute approximate surface area is 160 Å². The third-order valence-electron chi connectivity index (χ3n) is 3.71. The zero-order chi connectivity index (χ0) is 20.5. The highest BCUT2D eigenvalue weighted by Crippen LogP contribution is 2.29. The lowest BCUT2D eigenvalue weighted by Crippen LogP contribution is -2.45. The molecule has 2 rings (SSSR count). The van der Waals surface area contributed by atoms with Crippen LogP contribution < -0.4 is 20.5 Å². The van der Waals surface area contributed by atoms with E-state index in [0.717, 1.165) is 5.56 Å². The molecule has 0 radical (unpaired) electrons. The molecule has 28 heavy (non-hydrogen) atoms. The summed E-state index contributed by atoms with van der Waals surface area (Å²) in [6.45, 7) is -3.15. The van der Waals surface area contributed by atoms with E-state index in [1.165, 1.54) is 25.3 Å². The second-order valence-electron chi connectivity index (χ2n) is 5.72.